The summed E-state index contributed by atoms with van der Waals surface area (Å²) in [5, 5.41) is 9.79. The highest BCUT2D eigenvalue weighted by molar-refractivity contribution is 7.17. The van der Waals surface area contributed by atoms with Crippen molar-refractivity contribution in [2.24, 2.45) is 0 Å². The third kappa shape index (κ3) is 3.05. The summed E-state index contributed by atoms with van der Waals surface area (Å²) < 4.78 is 13.8. The van der Waals surface area contributed by atoms with Crippen molar-refractivity contribution in [2.75, 3.05) is 11.9 Å². The van der Waals surface area contributed by atoms with E-state index in [1.807, 2.05) is 13.8 Å². The summed E-state index contributed by atoms with van der Waals surface area (Å²) in [4.78, 5) is 17.6. The second kappa shape index (κ2) is 6.22. The van der Waals surface area contributed by atoms with E-state index in [9.17, 15) is 14.3 Å². The lowest BCUT2D eigenvalue weighted by atomic mass is 10.0. The fourth-order valence-electron chi connectivity index (χ4n) is 1.97. The molecule has 1 unspecified atom stereocenters. The number of nitrogens with zero attached hydrogens (tertiary/aromatic N) is 2. The molecule has 0 aliphatic heterocycles. The van der Waals surface area contributed by atoms with Crippen molar-refractivity contribution in [1.29, 1.82) is 0 Å². The van der Waals surface area contributed by atoms with Crippen LogP contribution in [-0.2, 0) is 0 Å². The quantitative estimate of drug-likeness (QED) is 0.896. The molecule has 1 N–H and O–H groups in total. The van der Waals surface area contributed by atoms with Crippen LogP contribution in [0.1, 0.15) is 41.6 Å². The Kier molecular flexibility index (Phi) is 4.57. The normalized spacial score (nSPS) is 12.2. The summed E-state index contributed by atoms with van der Waals surface area (Å²) in [5.74, 6) is -1.30. The lowest BCUT2D eigenvalue weighted by Gasteiger charge is -2.16. The van der Waals surface area contributed by atoms with Crippen LogP contribution in [-0.4, -0.2) is 23.1 Å². The van der Waals surface area contributed by atoms with E-state index >= 15 is 0 Å². The minimum absolute atomic E-state index is 0.0510. The van der Waals surface area contributed by atoms with E-state index in [0.717, 1.165) is 17.8 Å². The predicted molar refractivity (Wildman–Crippen MR) is 82.2 cm³/mol. The Labute approximate surface area is 126 Å². The third-order valence-electron chi connectivity index (χ3n) is 3.42. The first-order chi connectivity index (χ1) is 9.95. The van der Waals surface area contributed by atoms with Gasteiger partial charge >= 0.3 is 5.97 Å². The zero-order valence-corrected chi connectivity index (χ0v) is 12.9. The number of hydrogen-bond acceptors (Lipinski definition) is 4. The van der Waals surface area contributed by atoms with Crippen molar-refractivity contribution in [2.45, 2.75) is 26.2 Å². The van der Waals surface area contributed by atoms with Gasteiger partial charge in [0, 0.05) is 7.05 Å². The first kappa shape index (κ1) is 15.4. The van der Waals surface area contributed by atoms with Crippen LogP contribution in [0.25, 0.3) is 0 Å². The number of rotatable bonds is 5. The molecule has 112 valence electrons. The van der Waals surface area contributed by atoms with Gasteiger partial charge in [0.05, 0.1) is 11.4 Å². The second-order valence-electron chi connectivity index (χ2n) is 4.84. The summed E-state index contributed by atoms with van der Waals surface area (Å²) in [6.45, 7) is 3.92. The summed E-state index contributed by atoms with van der Waals surface area (Å²) in [6, 6.07) is 6.35. The van der Waals surface area contributed by atoms with Gasteiger partial charge in [0.1, 0.15) is 10.7 Å². The lowest BCUT2D eigenvalue weighted by Crippen LogP contribution is -2.11. The van der Waals surface area contributed by atoms with Crippen molar-refractivity contribution < 1.29 is 14.3 Å². The molecule has 6 heteroatoms. The maximum Gasteiger partial charge on any atom is 0.347 e. The molecule has 2 rings (SSSR count). The number of aromatic carboxylic acids is 1. The van der Waals surface area contributed by atoms with Crippen molar-refractivity contribution in [3.05, 3.63) is 40.7 Å². The van der Waals surface area contributed by atoms with Crippen LogP contribution in [0, 0.1) is 5.82 Å². The highest BCUT2D eigenvalue weighted by Crippen LogP contribution is 2.35. The molecule has 1 aromatic heterocycles. The number of carbonyl (C=O) groups is 1. The van der Waals surface area contributed by atoms with Crippen LogP contribution in [0.15, 0.2) is 24.3 Å². The molecule has 0 spiro atoms. The number of halogens is 1. The minimum atomic E-state index is -0.990. The first-order valence-corrected chi connectivity index (χ1v) is 7.49. The topological polar surface area (TPSA) is 53.4 Å². The molecule has 0 saturated carbocycles. The van der Waals surface area contributed by atoms with E-state index in [1.54, 1.807) is 30.1 Å². The van der Waals surface area contributed by atoms with Crippen LogP contribution in [0.2, 0.25) is 0 Å². The van der Waals surface area contributed by atoms with E-state index in [1.165, 1.54) is 6.07 Å². The summed E-state index contributed by atoms with van der Waals surface area (Å²) >= 11 is 1.07. The van der Waals surface area contributed by atoms with Crippen LogP contribution >= 0.6 is 11.3 Å². The maximum absolute atomic E-state index is 13.8. The summed E-state index contributed by atoms with van der Waals surface area (Å²) in [6.07, 6.45) is 0.798. The van der Waals surface area contributed by atoms with Gasteiger partial charge in [-0.1, -0.05) is 37.3 Å². The van der Waals surface area contributed by atoms with Gasteiger partial charge in [-0.25, -0.2) is 14.2 Å². The molecule has 21 heavy (non-hydrogen) atoms. The first-order valence-electron chi connectivity index (χ1n) is 6.68. The number of para-hydroxylation sites is 1. The Bertz CT molecular complexity index is 657. The van der Waals surface area contributed by atoms with E-state index in [-0.39, 0.29) is 16.6 Å². The molecule has 4 nitrogen and oxygen atoms in total. The number of aromatic nitrogens is 1. The van der Waals surface area contributed by atoms with Gasteiger partial charge < -0.3 is 10.0 Å². The Morgan fingerprint density at radius 1 is 1.48 bits per heavy atom. The lowest BCUT2D eigenvalue weighted by molar-refractivity contribution is 0.0700. The molecule has 0 amide bonds. The number of carboxylic acids is 1. The zero-order valence-electron chi connectivity index (χ0n) is 12.1. The van der Waals surface area contributed by atoms with Crippen LogP contribution in [0.3, 0.4) is 0 Å². The van der Waals surface area contributed by atoms with Gasteiger partial charge in [-0.05, 0) is 24.5 Å². The Morgan fingerprint density at radius 3 is 2.71 bits per heavy atom. The predicted octanol–water partition coefficient (Wildman–Crippen LogP) is 4.26. The summed E-state index contributed by atoms with van der Waals surface area (Å²) in [5.41, 5.74) is 0.937. The molecule has 1 heterocycles. The second-order valence-corrected chi connectivity index (χ2v) is 5.81. The van der Waals surface area contributed by atoms with Gasteiger partial charge in [0.15, 0.2) is 5.13 Å². The molecular formula is C15H17FN2O2S. The molecule has 0 aliphatic rings. The van der Waals surface area contributed by atoms with Crippen LogP contribution in [0.5, 0.6) is 0 Å². The number of benzene rings is 1. The number of hydrogen-bond donors (Lipinski definition) is 1. The van der Waals surface area contributed by atoms with Crippen LogP contribution < -0.4 is 4.90 Å². The highest BCUT2D eigenvalue weighted by Gasteiger charge is 2.23. The van der Waals surface area contributed by atoms with Crippen molar-refractivity contribution in [3.8, 4) is 0 Å². The smallest absolute Gasteiger partial charge is 0.347 e. The van der Waals surface area contributed by atoms with E-state index in [0.29, 0.717) is 16.5 Å². The number of anilines is 2. The molecule has 0 radical (unpaired) electrons. The molecule has 0 fully saturated rings. The summed E-state index contributed by atoms with van der Waals surface area (Å²) in [7, 11) is 1.68. The molecular weight excluding hydrogens is 291 g/mol. The molecule has 0 saturated heterocycles. The third-order valence-corrected chi connectivity index (χ3v) is 4.55. The Hall–Kier alpha value is -1.95. The average molecular weight is 308 g/mol. The van der Waals surface area contributed by atoms with Crippen molar-refractivity contribution in [1.82, 2.24) is 4.98 Å². The molecule has 2 aromatic rings. The van der Waals surface area contributed by atoms with E-state index in [4.69, 9.17) is 0 Å². The highest BCUT2D eigenvalue weighted by atomic mass is 32.1. The van der Waals surface area contributed by atoms with Gasteiger partial charge in [0.2, 0.25) is 0 Å². The standard InChI is InChI=1S/C15H17FN2O2S/c1-4-9(2)12-13(14(19)20)21-15(17-12)18(3)11-8-6-5-7-10(11)16/h5-9H,4H2,1-3H3,(H,19,20). The van der Waals surface area contributed by atoms with Gasteiger partial charge in [-0.2, -0.15) is 0 Å². The fraction of sp³-hybridized carbons (Fsp3) is 0.333. The van der Waals surface area contributed by atoms with E-state index < -0.39 is 5.97 Å². The van der Waals surface area contributed by atoms with Crippen molar-refractivity contribution in [3.63, 3.8) is 0 Å². The SMILES string of the molecule is CCC(C)c1nc(N(C)c2ccccc2F)sc1C(=O)O. The van der Waals surface area contributed by atoms with E-state index in [2.05, 4.69) is 4.98 Å². The fourth-order valence-corrected chi connectivity index (χ4v) is 2.97. The average Bonchev–Trinajstić information content (AvgIpc) is 2.91. The van der Waals surface area contributed by atoms with Gasteiger partial charge in [0.25, 0.3) is 0 Å². The zero-order chi connectivity index (χ0) is 15.6. The maximum atomic E-state index is 13.8. The minimum Gasteiger partial charge on any atom is -0.477 e. The number of carboxylic acid groups (broad SMARTS) is 1. The van der Waals surface area contributed by atoms with Gasteiger partial charge in [-0.15, -0.1) is 0 Å². The van der Waals surface area contributed by atoms with Crippen LogP contribution in [0.4, 0.5) is 15.2 Å². The molecule has 1 aromatic carbocycles. The van der Waals surface area contributed by atoms with Crippen molar-refractivity contribution >= 4 is 28.1 Å². The monoisotopic (exact) mass is 308 g/mol. The molecule has 1 atom stereocenters. The Balaban J connectivity index is 2.45. The molecule has 0 aliphatic carbocycles. The van der Waals surface area contributed by atoms with Gasteiger partial charge in [-0.3, -0.25) is 0 Å². The largest absolute Gasteiger partial charge is 0.477 e. The molecule has 0 bridgehead atoms. The number of thiazole rings is 1. The Morgan fingerprint density at radius 2 is 2.14 bits per heavy atom.